The van der Waals surface area contributed by atoms with E-state index in [4.69, 9.17) is 14.7 Å². The summed E-state index contributed by atoms with van der Waals surface area (Å²) in [5.74, 6) is 1.88. The van der Waals surface area contributed by atoms with Crippen molar-refractivity contribution in [3.63, 3.8) is 0 Å². The highest BCUT2D eigenvalue weighted by Crippen LogP contribution is 2.22. The summed E-state index contributed by atoms with van der Waals surface area (Å²) in [4.78, 5) is 14.6. The van der Waals surface area contributed by atoms with Gasteiger partial charge in [-0.15, -0.1) is 0 Å². The second-order valence-corrected chi connectivity index (χ2v) is 6.44. The molecular formula is C21H22N2O3. The number of likely N-dealkylation sites (tertiary alicyclic amines) is 1. The fourth-order valence-electron chi connectivity index (χ4n) is 3.18. The Morgan fingerprint density at radius 3 is 2.73 bits per heavy atom. The van der Waals surface area contributed by atoms with Crippen LogP contribution in [0.15, 0.2) is 48.5 Å². The van der Waals surface area contributed by atoms with Crippen molar-refractivity contribution in [3.8, 4) is 17.6 Å². The van der Waals surface area contributed by atoms with Gasteiger partial charge >= 0.3 is 0 Å². The normalized spacial score (nSPS) is 16.6. The van der Waals surface area contributed by atoms with E-state index in [0.29, 0.717) is 30.2 Å². The number of rotatable bonds is 5. The van der Waals surface area contributed by atoms with Gasteiger partial charge in [0.15, 0.2) is 0 Å². The molecule has 3 rings (SSSR count). The average molecular weight is 350 g/mol. The van der Waals surface area contributed by atoms with E-state index >= 15 is 0 Å². The van der Waals surface area contributed by atoms with Gasteiger partial charge in [-0.1, -0.05) is 6.07 Å². The van der Waals surface area contributed by atoms with Crippen molar-refractivity contribution in [2.24, 2.45) is 5.92 Å². The van der Waals surface area contributed by atoms with Gasteiger partial charge in [-0.3, -0.25) is 4.79 Å². The fraction of sp³-hybridized carbons (Fsp3) is 0.333. The Labute approximate surface area is 153 Å². The number of nitrogens with zero attached hydrogens (tertiary/aromatic N) is 2. The van der Waals surface area contributed by atoms with Crippen LogP contribution in [-0.2, 0) is 0 Å². The van der Waals surface area contributed by atoms with Gasteiger partial charge in [0.05, 0.1) is 25.3 Å². The number of ether oxygens (including phenoxy) is 2. The number of hydrogen-bond acceptors (Lipinski definition) is 4. The molecule has 1 aliphatic rings. The van der Waals surface area contributed by atoms with E-state index in [1.165, 1.54) is 0 Å². The minimum Gasteiger partial charge on any atom is -0.497 e. The van der Waals surface area contributed by atoms with Crippen molar-refractivity contribution in [2.75, 3.05) is 26.8 Å². The molecule has 1 amide bonds. The molecule has 0 spiro atoms. The minimum atomic E-state index is -0.0174. The van der Waals surface area contributed by atoms with E-state index in [1.807, 2.05) is 29.2 Å². The largest absolute Gasteiger partial charge is 0.497 e. The quantitative estimate of drug-likeness (QED) is 0.828. The summed E-state index contributed by atoms with van der Waals surface area (Å²) >= 11 is 0. The van der Waals surface area contributed by atoms with E-state index in [-0.39, 0.29) is 5.91 Å². The first-order valence-electron chi connectivity index (χ1n) is 8.76. The standard InChI is InChI=1S/C21H22N2O3/c1-25-19-7-9-20(10-8-19)26-15-17-5-3-11-23(14-17)21(24)18-6-2-4-16(12-18)13-22/h2,4,6-10,12,17H,3,5,11,14-15H2,1H3/t17-/m1/s1. The van der Waals surface area contributed by atoms with Gasteiger partial charge in [0.1, 0.15) is 11.5 Å². The molecule has 134 valence electrons. The summed E-state index contributed by atoms with van der Waals surface area (Å²) in [6.45, 7) is 1.99. The van der Waals surface area contributed by atoms with Crippen LogP contribution >= 0.6 is 0 Å². The zero-order valence-electron chi connectivity index (χ0n) is 14.9. The first-order chi connectivity index (χ1) is 12.7. The highest BCUT2D eigenvalue weighted by molar-refractivity contribution is 5.94. The Hall–Kier alpha value is -3.00. The third-order valence-electron chi connectivity index (χ3n) is 4.59. The maximum Gasteiger partial charge on any atom is 0.253 e. The Bertz CT molecular complexity index is 796. The van der Waals surface area contributed by atoms with Gasteiger partial charge in [0.25, 0.3) is 5.91 Å². The van der Waals surface area contributed by atoms with Crippen molar-refractivity contribution in [3.05, 3.63) is 59.7 Å². The van der Waals surface area contributed by atoms with E-state index < -0.39 is 0 Å². The van der Waals surface area contributed by atoms with Crippen LogP contribution in [0.2, 0.25) is 0 Å². The highest BCUT2D eigenvalue weighted by atomic mass is 16.5. The number of carbonyl (C=O) groups excluding carboxylic acids is 1. The van der Waals surface area contributed by atoms with Crippen molar-refractivity contribution in [1.29, 1.82) is 5.26 Å². The summed E-state index contributed by atoms with van der Waals surface area (Å²) in [6, 6.07) is 16.5. The third-order valence-corrected chi connectivity index (χ3v) is 4.59. The van der Waals surface area contributed by atoms with Crippen LogP contribution in [0.25, 0.3) is 0 Å². The summed E-state index contributed by atoms with van der Waals surface area (Å²) in [6.07, 6.45) is 2.00. The lowest BCUT2D eigenvalue weighted by molar-refractivity contribution is 0.0633. The molecule has 2 aromatic rings. The molecule has 1 saturated heterocycles. The topological polar surface area (TPSA) is 62.6 Å². The second-order valence-electron chi connectivity index (χ2n) is 6.44. The molecule has 0 unspecified atom stereocenters. The summed E-state index contributed by atoms with van der Waals surface area (Å²) in [5, 5.41) is 9.01. The number of methoxy groups -OCH3 is 1. The molecule has 1 heterocycles. The van der Waals surface area contributed by atoms with Gasteiger partial charge in [-0.25, -0.2) is 0 Å². The molecule has 0 radical (unpaired) electrons. The second kappa shape index (κ2) is 8.39. The smallest absolute Gasteiger partial charge is 0.253 e. The van der Waals surface area contributed by atoms with Gasteiger partial charge in [0, 0.05) is 24.6 Å². The molecule has 1 aliphatic heterocycles. The molecule has 2 aromatic carbocycles. The van der Waals surface area contributed by atoms with Crippen molar-refractivity contribution in [2.45, 2.75) is 12.8 Å². The van der Waals surface area contributed by atoms with E-state index in [9.17, 15) is 4.79 Å². The van der Waals surface area contributed by atoms with Gasteiger partial charge in [0.2, 0.25) is 0 Å². The summed E-state index contributed by atoms with van der Waals surface area (Å²) in [5.41, 5.74) is 1.08. The zero-order chi connectivity index (χ0) is 18.4. The Balaban J connectivity index is 1.58. The predicted octanol–water partition coefficient (Wildman–Crippen LogP) is 3.50. The lowest BCUT2D eigenvalue weighted by Gasteiger charge is -2.32. The minimum absolute atomic E-state index is 0.0174. The van der Waals surface area contributed by atoms with Gasteiger partial charge in [-0.2, -0.15) is 5.26 Å². The molecule has 1 atom stereocenters. The number of piperidine rings is 1. The van der Waals surface area contributed by atoms with Crippen LogP contribution in [0.4, 0.5) is 0 Å². The van der Waals surface area contributed by atoms with Crippen LogP contribution in [-0.4, -0.2) is 37.6 Å². The molecule has 5 heteroatoms. The monoisotopic (exact) mass is 350 g/mol. The predicted molar refractivity (Wildman–Crippen MR) is 98.3 cm³/mol. The lowest BCUT2D eigenvalue weighted by atomic mass is 9.98. The van der Waals surface area contributed by atoms with Crippen LogP contribution in [0, 0.1) is 17.2 Å². The molecule has 0 N–H and O–H groups in total. The third kappa shape index (κ3) is 4.34. The number of carbonyl (C=O) groups is 1. The van der Waals surface area contributed by atoms with Gasteiger partial charge < -0.3 is 14.4 Å². The SMILES string of the molecule is COc1ccc(OC[C@@H]2CCCN(C(=O)c3cccc(C#N)c3)C2)cc1. The van der Waals surface area contributed by atoms with Crippen LogP contribution in [0.3, 0.4) is 0 Å². The zero-order valence-corrected chi connectivity index (χ0v) is 14.9. The molecule has 5 nitrogen and oxygen atoms in total. The molecule has 26 heavy (non-hydrogen) atoms. The van der Waals surface area contributed by atoms with Gasteiger partial charge in [-0.05, 0) is 55.3 Å². The molecule has 0 saturated carbocycles. The van der Waals surface area contributed by atoms with Crippen LogP contribution in [0.5, 0.6) is 11.5 Å². The van der Waals surface area contributed by atoms with Crippen molar-refractivity contribution >= 4 is 5.91 Å². The van der Waals surface area contributed by atoms with E-state index in [2.05, 4.69) is 6.07 Å². The number of benzene rings is 2. The first kappa shape index (κ1) is 17.8. The Morgan fingerprint density at radius 1 is 1.23 bits per heavy atom. The lowest BCUT2D eigenvalue weighted by Crippen LogP contribution is -2.41. The van der Waals surface area contributed by atoms with Crippen LogP contribution in [0.1, 0.15) is 28.8 Å². The number of nitriles is 1. The molecule has 0 aliphatic carbocycles. The average Bonchev–Trinajstić information content (AvgIpc) is 2.72. The number of amides is 1. The fourth-order valence-corrected chi connectivity index (χ4v) is 3.18. The molecular weight excluding hydrogens is 328 g/mol. The molecule has 0 bridgehead atoms. The summed E-state index contributed by atoms with van der Waals surface area (Å²) < 4.78 is 11.0. The number of hydrogen-bond donors (Lipinski definition) is 0. The molecule has 0 aromatic heterocycles. The Morgan fingerprint density at radius 2 is 2.00 bits per heavy atom. The summed E-state index contributed by atoms with van der Waals surface area (Å²) in [7, 11) is 1.63. The first-order valence-corrected chi connectivity index (χ1v) is 8.76. The Kier molecular flexibility index (Phi) is 5.75. The van der Waals surface area contributed by atoms with Crippen molar-refractivity contribution < 1.29 is 14.3 Å². The maximum atomic E-state index is 12.7. The van der Waals surface area contributed by atoms with Crippen LogP contribution < -0.4 is 9.47 Å². The van der Waals surface area contributed by atoms with Crippen molar-refractivity contribution in [1.82, 2.24) is 4.90 Å². The van der Waals surface area contributed by atoms with E-state index in [0.717, 1.165) is 30.9 Å². The van der Waals surface area contributed by atoms with E-state index in [1.54, 1.807) is 31.4 Å². The maximum absolute atomic E-state index is 12.7. The molecule has 1 fully saturated rings. The highest BCUT2D eigenvalue weighted by Gasteiger charge is 2.25.